The van der Waals surface area contributed by atoms with E-state index in [0.717, 1.165) is 16.7 Å². The lowest BCUT2D eigenvalue weighted by Gasteiger charge is -2.18. The maximum Gasteiger partial charge on any atom is 0.304 e. The number of benzene rings is 2. The van der Waals surface area contributed by atoms with Crippen molar-refractivity contribution >= 4 is 29.2 Å². The van der Waals surface area contributed by atoms with Gasteiger partial charge in [0, 0.05) is 16.0 Å². The molecule has 110 valence electrons. The first kappa shape index (κ1) is 15.8. The smallest absolute Gasteiger partial charge is 0.304 e. The summed E-state index contributed by atoms with van der Waals surface area (Å²) in [4.78, 5) is 11.0. The van der Waals surface area contributed by atoms with E-state index < -0.39 is 5.97 Å². The predicted molar refractivity (Wildman–Crippen MR) is 85.9 cm³/mol. The number of hydrogen-bond acceptors (Lipinski definition) is 2. The Kier molecular flexibility index (Phi) is 5.23. The standard InChI is InChI=1S/C16H15Cl2NO2/c17-12-3-1-10(2-4-12)15-8-13(18)5-6-14(15)11(9-19)7-16(20)21/h1-6,8,11H,7,9,19H2,(H,20,21)/t11-/m0/s1. The molecule has 0 aliphatic carbocycles. The summed E-state index contributed by atoms with van der Waals surface area (Å²) in [6.07, 6.45) is -0.0152. The van der Waals surface area contributed by atoms with E-state index in [1.54, 1.807) is 18.2 Å². The van der Waals surface area contributed by atoms with Crippen LogP contribution in [0.15, 0.2) is 42.5 Å². The molecule has 0 saturated carbocycles. The lowest BCUT2D eigenvalue weighted by molar-refractivity contribution is -0.137. The molecule has 2 rings (SSSR count). The van der Waals surface area contributed by atoms with Gasteiger partial charge in [-0.25, -0.2) is 0 Å². The van der Waals surface area contributed by atoms with Gasteiger partial charge in [0.25, 0.3) is 0 Å². The second-order valence-corrected chi connectivity index (χ2v) is 5.64. The third-order valence-corrected chi connectivity index (χ3v) is 3.80. The van der Waals surface area contributed by atoms with Crippen molar-refractivity contribution in [1.82, 2.24) is 0 Å². The molecule has 0 spiro atoms. The second kappa shape index (κ2) is 6.94. The van der Waals surface area contributed by atoms with Crippen LogP contribution < -0.4 is 5.73 Å². The SMILES string of the molecule is NC[C@H](CC(=O)O)c1ccc(Cl)cc1-c1ccc(Cl)cc1. The zero-order valence-corrected chi connectivity index (χ0v) is 12.7. The first-order chi connectivity index (χ1) is 10.0. The van der Waals surface area contributed by atoms with Gasteiger partial charge in [0.2, 0.25) is 0 Å². The Bertz CT molecular complexity index is 641. The quantitative estimate of drug-likeness (QED) is 0.867. The molecule has 1 atom stereocenters. The van der Waals surface area contributed by atoms with Crippen LogP contribution in [0.1, 0.15) is 17.9 Å². The number of hydrogen-bond donors (Lipinski definition) is 2. The Labute approximate surface area is 133 Å². The largest absolute Gasteiger partial charge is 0.481 e. The lowest BCUT2D eigenvalue weighted by atomic mass is 9.88. The molecule has 2 aromatic rings. The molecule has 0 amide bonds. The average molecular weight is 324 g/mol. The number of aliphatic carboxylic acids is 1. The minimum atomic E-state index is -0.873. The maximum atomic E-state index is 11.0. The molecule has 2 aromatic carbocycles. The van der Waals surface area contributed by atoms with Gasteiger partial charge in [0.05, 0.1) is 6.42 Å². The van der Waals surface area contributed by atoms with Crippen LogP contribution in [0, 0.1) is 0 Å². The fourth-order valence-corrected chi connectivity index (χ4v) is 2.59. The molecule has 5 heteroatoms. The summed E-state index contributed by atoms with van der Waals surface area (Å²) in [6.45, 7) is 0.258. The van der Waals surface area contributed by atoms with Crippen molar-refractivity contribution < 1.29 is 9.90 Å². The van der Waals surface area contributed by atoms with Crippen molar-refractivity contribution in [3.63, 3.8) is 0 Å². The highest BCUT2D eigenvalue weighted by Crippen LogP contribution is 2.33. The molecule has 0 radical (unpaired) electrons. The topological polar surface area (TPSA) is 63.3 Å². The monoisotopic (exact) mass is 323 g/mol. The molecule has 0 aliphatic heterocycles. The Balaban J connectivity index is 2.50. The van der Waals surface area contributed by atoms with E-state index in [9.17, 15) is 4.79 Å². The Morgan fingerprint density at radius 3 is 2.29 bits per heavy atom. The Morgan fingerprint density at radius 1 is 1.10 bits per heavy atom. The highest BCUT2D eigenvalue weighted by Gasteiger charge is 2.18. The molecule has 0 aromatic heterocycles. The molecule has 3 nitrogen and oxygen atoms in total. The van der Waals surface area contributed by atoms with Crippen LogP contribution in [0.5, 0.6) is 0 Å². The molecule has 0 aliphatic rings. The first-order valence-electron chi connectivity index (χ1n) is 6.48. The number of carbonyl (C=O) groups is 1. The van der Waals surface area contributed by atoms with Crippen LogP contribution in [-0.2, 0) is 4.79 Å². The Morgan fingerprint density at radius 2 is 1.71 bits per heavy atom. The van der Waals surface area contributed by atoms with E-state index in [1.165, 1.54) is 0 Å². The van der Waals surface area contributed by atoms with E-state index in [2.05, 4.69) is 0 Å². The highest BCUT2D eigenvalue weighted by molar-refractivity contribution is 6.31. The summed E-state index contributed by atoms with van der Waals surface area (Å²) in [5.74, 6) is -1.13. The van der Waals surface area contributed by atoms with Crippen LogP contribution in [0.2, 0.25) is 10.0 Å². The van der Waals surface area contributed by atoms with Gasteiger partial charge in [0.1, 0.15) is 0 Å². The van der Waals surface area contributed by atoms with E-state index in [1.807, 2.05) is 24.3 Å². The van der Waals surface area contributed by atoms with Gasteiger partial charge in [-0.2, -0.15) is 0 Å². The van der Waals surface area contributed by atoms with Crippen molar-refractivity contribution in [3.05, 3.63) is 58.1 Å². The third kappa shape index (κ3) is 3.97. The van der Waals surface area contributed by atoms with Gasteiger partial charge >= 0.3 is 5.97 Å². The molecule has 0 unspecified atom stereocenters. The molecule has 0 fully saturated rings. The van der Waals surface area contributed by atoms with Gasteiger partial charge in [-0.3, -0.25) is 4.79 Å². The molecule has 3 N–H and O–H groups in total. The molecule has 0 heterocycles. The molecule has 0 bridgehead atoms. The van der Waals surface area contributed by atoms with Crippen molar-refractivity contribution in [2.45, 2.75) is 12.3 Å². The van der Waals surface area contributed by atoms with E-state index in [-0.39, 0.29) is 18.9 Å². The van der Waals surface area contributed by atoms with Gasteiger partial charge < -0.3 is 10.8 Å². The summed E-state index contributed by atoms with van der Waals surface area (Å²) >= 11 is 12.0. The summed E-state index contributed by atoms with van der Waals surface area (Å²) < 4.78 is 0. The third-order valence-electron chi connectivity index (χ3n) is 3.32. The summed E-state index contributed by atoms with van der Waals surface area (Å²) in [7, 11) is 0. The van der Waals surface area contributed by atoms with Crippen LogP contribution in [0.3, 0.4) is 0 Å². The second-order valence-electron chi connectivity index (χ2n) is 4.77. The highest BCUT2D eigenvalue weighted by atomic mass is 35.5. The number of halogens is 2. The molecular formula is C16H15Cl2NO2. The lowest BCUT2D eigenvalue weighted by Crippen LogP contribution is -2.17. The first-order valence-corrected chi connectivity index (χ1v) is 7.24. The normalized spacial score (nSPS) is 12.1. The van der Waals surface area contributed by atoms with Crippen LogP contribution in [0.25, 0.3) is 11.1 Å². The summed E-state index contributed by atoms with van der Waals surface area (Å²) in [5.41, 5.74) is 8.44. The maximum absolute atomic E-state index is 11.0. The summed E-state index contributed by atoms with van der Waals surface area (Å²) in [5, 5.41) is 10.3. The zero-order valence-electron chi connectivity index (χ0n) is 11.2. The number of carboxylic acids is 1. The summed E-state index contributed by atoms with van der Waals surface area (Å²) in [6, 6.07) is 12.8. The minimum absolute atomic E-state index is 0.0152. The molecular weight excluding hydrogens is 309 g/mol. The zero-order chi connectivity index (χ0) is 15.4. The Hall–Kier alpha value is -1.55. The van der Waals surface area contributed by atoms with Gasteiger partial charge in [0.15, 0.2) is 0 Å². The van der Waals surface area contributed by atoms with Crippen molar-refractivity contribution in [2.75, 3.05) is 6.54 Å². The predicted octanol–water partition coefficient (Wildman–Crippen LogP) is 4.18. The van der Waals surface area contributed by atoms with Crippen molar-refractivity contribution in [1.29, 1.82) is 0 Å². The molecule has 0 saturated heterocycles. The van der Waals surface area contributed by atoms with Crippen LogP contribution in [0.4, 0.5) is 0 Å². The van der Waals surface area contributed by atoms with Gasteiger partial charge in [-0.1, -0.05) is 41.4 Å². The average Bonchev–Trinajstić information content (AvgIpc) is 2.45. The number of nitrogens with two attached hydrogens (primary N) is 1. The van der Waals surface area contributed by atoms with Gasteiger partial charge in [-0.15, -0.1) is 0 Å². The number of rotatable bonds is 5. The van der Waals surface area contributed by atoms with Crippen LogP contribution in [-0.4, -0.2) is 17.6 Å². The molecule has 21 heavy (non-hydrogen) atoms. The fourth-order valence-electron chi connectivity index (χ4n) is 2.29. The van der Waals surface area contributed by atoms with E-state index in [0.29, 0.717) is 10.0 Å². The number of carboxylic acid groups (broad SMARTS) is 1. The van der Waals surface area contributed by atoms with Crippen LogP contribution >= 0.6 is 23.2 Å². The van der Waals surface area contributed by atoms with E-state index in [4.69, 9.17) is 34.0 Å². The van der Waals surface area contributed by atoms with Crippen molar-refractivity contribution in [3.8, 4) is 11.1 Å². The van der Waals surface area contributed by atoms with Crippen molar-refractivity contribution in [2.24, 2.45) is 5.73 Å². The fraction of sp³-hybridized carbons (Fsp3) is 0.188. The van der Waals surface area contributed by atoms with Gasteiger partial charge in [-0.05, 0) is 47.5 Å². The minimum Gasteiger partial charge on any atom is -0.481 e. The van der Waals surface area contributed by atoms with E-state index >= 15 is 0 Å².